The summed E-state index contributed by atoms with van der Waals surface area (Å²) in [5.74, 6) is 2.57. The molecule has 7 nitrogen and oxygen atoms in total. The lowest BCUT2D eigenvalue weighted by Crippen LogP contribution is -2.69. The average molecular weight is 593 g/mol. The Labute approximate surface area is 258 Å². The molecule has 0 radical (unpaired) electrons. The third-order valence-electron chi connectivity index (χ3n) is 11.5. The van der Waals surface area contributed by atoms with Crippen molar-refractivity contribution in [3.8, 4) is 11.5 Å². The van der Waals surface area contributed by atoms with E-state index in [1.54, 1.807) is 6.92 Å². The molecule has 7 heteroatoms. The zero-order valence-electron chi connectivity index (χ0n) is 26.7. The van der Waals surface area contributed by atoms with Crippen molar-refractivity contribution in [2.45, 2.75) is 141 Å². The summed E-state index contributed by atoms with van der Waals surface area (Å²) in [4.78, 5) is 43.0. The number of Topliss-reactive ketones (excluding diaryl/α,β-unsaturated/α-hetero) is 1. The number of ether oxygens (including phenoxy) is 2. The molecular weight excluding hydrogens is 540 g/mol. The summed E-state index contributed by atoms with van der Waals surface area (Å²) in [6.45, 7) is 7.42. The fourth-order valence-electron chi connectivity index (χ4n) is 9.76. The molecule has 1 aromatic rings. The van der Waals surface area contributed by atoms with E-state index in [9.17, 15) is 14.4 Å². The van der Waals surface area contributed by atoms with Gasteiger partial charge in [0.25, 0.3) is 0 Å². The number of hydrogen-bond acceptors (Lipinski definition) is 6. The van der Waals surface area contributed by atoms with Gasteiger partial charge in [0.2, 0.25) is 5.91 Å². The molecule has 1 aromatic carbocycles. The monoisotopic (exact) mass is 592 g/mol. The molecule has 43 heavy (non-hydrogen) atoms. The molecule has 2 saturated carbocycles. The molecule has 2 aliphatic heterocycles. The highest BCUT2D eigenvalue weighted by molar-refractivity contribution is 5.78. The number of benzene rings is 1. The van der Waals surface area contributed by atoms with Crippen LogP contribution in [0.2, 0.25) is 0 Å². The van der Waals surface area contributed by atoms with Gasteiger partial charge in [-0.15, -0.1) is 0 Å². The quantitative estimate of drug-likeness (QED) is 0.159. The molecule has 1 amide bonds. The summed E-state index contributed by atoms with van der Waals surface area (Å²) in [5.41, 5.74) is 2.24. The molecule has 236 valence electrons. The molecule has 1 saturated heterocycles. The number of carbonyl (C=O) groups excluding carboxylic acids is 3. The van der Waals surface area contributed by atoms with Crippen LogP contribution in [0.15, 0.2) is 12.1 Å². The molecule has 1 spiro atoms. The van der Waals surface area contributed by atoms with Crippen LogP contribution in [0.5, 0.6) is 11.5 Å². The van der Waals surface area contributed by atoms with Gasteiger partial charge in [-0.25, -0.2) is 0 Å². The SMILES string of the molecule is CCCCN(C(=O)CCCCC1CCCCC1)[C@H]1CC[C@H]2[C@H]3Cc4ccc(OC(C)=O)c5c4[C@@]2(CCN3CC(C)=O)[C@H]1O5. The van der Waals surface area contributed by atoms with Crippen molar-refractivity contribution in [1.82, 2.24) is 9.80 Å². The first kappa shape index (κ1) is 30.6. The van der Waals surface area contributed by atoms with Crippen LogP contribution in [0.25, 0.3) is 0 Å². The van der Waals surface area contributed by atoms with E-state index in [1.165, 1.54) is 56.6 Å². The molecule has 0 N–H and O–H groups in total. The summed E-state index contributed by atoms with van der Waals surface area (Å²) < 4.78 is 12.7. The molecular formula is C36H52N2O5. The number of esters is 1. The molecule has 5 aliphatic rings. The van der Waals surface area contributed by atoms with Crippen molar-refractivity contribution in [3.63, 3.8) is 0 Å². The van der Waals surface area contributed by atoms with E-state index in [4.69, 9.17) is 9.47 Å². The number of rotatable bonds is 12. The first-order valence-corrected chi connectivity index (χ1v) is 17.4. The Hall–Kier alpha value is -2.41. The number of piperidine rings is 1. The van der Waals surface area contributed by atoms with E-state index in [0.29, 0.717) is 24.6 Å². The molecule has 2 heterocycles. The van der Waals surface area contributed by atoms with Crippen molar-refractivity contribution >= 4 is 17.7 Å². The smallest absolute Gasteiger partial charge is 0.308 e. The zero-order chi connectivity index (χ0) is 30.1. The lowest BCUT2D eigenvalue weighted by atomic mass is 9.51. The Kier molecular flexibility index (Phi) is 9.19. The van der Waals surface area contributed by atoms with Gasteiger partial charge in [-0.1, -0.05) is 64.4 Å². The van der Waals surface area contributed by atoms with E-state index >= 15 is 0 Å². The Morgan fingerprint density at radius 3 is 2.60 bits per heavy atom. The second-order valence-corrected chi connectivity index (χ2v) is 14.2. The van der Waals surface area contributed by atoms with Gasteiger partial charge in [-0.2, -0.15) is 0 Å². The van der Waals surface area contributed by atoms with Crippen LogP contribution in [0.4, 0.5) is 0 Å². The second-order valence-electron chi connectivity index (χ2n) is 14.2. The van der Waals surface area contributed by atoms with E-state index in [1.807, 2.05) is 6.07 Å². The van der Waals surface area contributed by atoms with E-state index < -0.39 is 0 Å². The Balaban J connectivity index is 1.28. The lowest BCUT2D eigenvalue weighted by Gasteiger charge is -2.60. The maximum Gasteiger partial charge on any atom is 0.308 e. The molecule has 0 aromatic heterocycles. The summed E-state index contributed by atoms with van der Waals surface area (Å²) in [5, 5.41) is 0. The predicted molar refractivity (Wildman–Crippen MR) is 166 cm³/mol. The minimum absolute atomic E-state index is 0.00261. The normalized spacial score (nSPS) is 29.5. The van der Waals surface area contributed by atoms with Crippen LogP contribution >= 0.6 is 0 Å². The van der Waals surface area contributed by atoms with Gasteiger partial charge in [-0.3, -0.25) is 19.3 Å². The average Bonchev–Trinajstić information content (AvgIpc) is 3.34. The van der Waals surface area contributed by atoms with E-state index in [2.05, 4.69) is 22.8 Å². The Morgan fingerprint density at radius 2 is 1.86 bits per heavy atom. The van der Waals surface area contributed by atoms with Gasteiger partial charge < -0.3 is 14.4 Å². The van der Waals surface area contributed by atoms with Gasteiger partial charge in [0.15, 0.2) is 11.5 Å². The molecule has 0 unspecified atom stereocenters. The lowest BCUT2D eigenvalue weighted by molar-refractivity contribution is -0.143. The highest BCUT2D eigenvalue weighted by atomic mass is 16.6. The minimum Gasteiger partial charge on any atom is -0.483 e. The van der Waals surface area contributed by atoms with E-state index in [0.717, 1.165) is 76.1 Å². The summed E-state index contributed by atoms with van der Waals surface area (Å²) in [7, 11) is 0. The van der Waals surface area contributed by atoms with Crippen molar-refractivity contribution in [2.75, 3.05) is 19.6 Å². The summed E-state index contributed by atoms with van der Waals surface area (Å²) in [6.07, 6.45) is 16.4. The van der Waals surface area contributed by atoms with Gasteiger partial charge >= 0.3 is 5.97 Å². The number of hydrogen-bond donors (Lipinski definition) is 0. The van der Waals surface area contributed by atoms with Crippen molar-refractivity contribution in [3.05, 3.63) is 23.3 Å². The van der Waals surface area contributed by atoms with Crippen molar-refractivity contribution < 1.29 is 23.9 Å². The van der Waals surface area contributed by atoms with Crippen LogP contribution in [0, 0.1) is 11.8 Å². The van der Waals surface area contributed by atoms with Crippen molar-refractivity contribution in [1.29, 1.82) is 0 Å². The fraction of sp³-hybridized carbons (Fsp3) is 0.750. The van der Waals surface area contributed by atoms with Crippen LogP contribution in [0.1, 0.15) is 122 Å². The highest BCUT2D eigenvalue weighted by Crippen LogP contribution is 2.64. The van der Waals surface area contributed by atoms with Gasteiger partial charge in [0, 0.05) is 36.9 Å². The Bertz CT molecular complexity index is 1210. The number of amides is 1. The number of likely N-dealkylation sites (tertiary alicyclic amines) is 1. The highest BCUT2D eigenvalue weighted by Gasteiger charge is 2.66. The fourth-order valence-corrected chi connectivity index (χ4v) is 9.76. The molecule has 6 rings (SSSR count). The second kappa shape index (κ2) is 12.9. The first-order chi connectivity index (χ1) is 20.8. The first-order valence-electron chi connectivity index (χ1n) is 17.4. The largest absolute Gasteiger partial charge is 0.483 e. The predicted octanol–water partition coefficient (Wildman–Crippen LogP) is 6.38. The molecule has 3 fully saturated rings. The van der Waals surface area contributed by atoms with Gasteiger partial charge in [-0.05, 0) is 75.5 Å². The topological polar surface area (TPSA) is 76.2 Å². The third-order valence-corrected chi connectivity index (χ3v) is 11.5. The number of carbonyl (C=O) groups is 3. The number of nitrogens with zero attached hydrogens (tertiary/aromatic N) is 2. The maximum absolute atomic E-state index is 14.0. The van der Waals surface area contributed by atoms with Crippen LogP contribution < -0.4 is 9.47 Å². The standard InChI is InChI=1S/C36H52N2O5/c1-4-5-20-38(32(41)14-10-9-13-26-11-7-6-8-12-26)29-17-16-28-30-22-27-15-18-31(42-25(3)40)34-33(27)36(28,35(29)43-34)19-21-37(30)23-24(2)39/h15,18,26,28-30,35H,4-14,16-17,19-23H2,1-3H3/t28-,29-,30+,35-,36-/m0/s1. The van der Waals surface area contributed by atoms with Crippen LogP contribution in [-0.2, 0) is 26.2 Å². The molecule has 5 atom stereocenters. The van der Waals surface area contributed by atoms with Gasteiger partial charge in [0.1, 0.15) is 11.9 Å². The van der Waals surface area contributed by atoms with E-state index in [-0.39, 0.29) is 41.3 Å². The zero-order valence-corrected chi connectivity index (χ0v) is 26.7. The summed E-state index contributed by atoms with van der Waals surface area (Å²) in [6, 6.07) is 4.27. The Morgan fingerprint density at radius 1 is 1.05 bits per heavy atom. The molecule has 2 bridgehead atoms. The summed E-state index contributed by atoms with van der Waals surface area (Å²) >= 11 is 0. The van der Waals surface area contributed by atoms with Gasteiger partial charge in [0.05, 0.1) is 12.6 Å². The van der Waals surface area contributed by atoms with Crippen LogP contribution in [0.3, 0.4) is 0 Å². The maximum atomic E-state index is 14.0. The third kappa shape index (κ3) is 5.76. The van der Waals surface area contributed by atoms with Crippen LogP contribution in [-0.4, -0.2) is 65.3 Å². The molecule has 3 aliphatic carbocycles. The van der Waals surface area contributed by atoms with Crippen molar-refractivity contribution in [2.24, 2.45) is 11.8 Å². The number of ketones is 1. The minimum atomic E-state index is -0.349. The number of unbranched alkanes of at least 4 members (excludes halogenated alkanes) is 2.